The lowest BCUT2D eigenvalue weighted by molar-refractivity contribution is -0.140. The number of allylic oxidation sites excluding steroid dienone is 1. The molecule has 3 fully saturated rings. The molecule has 1 saturated carbocycles. The number of rotatable bonds is 13. The SMILES string of the molecule is CC(C)[C@@]1(NC(=O)[C@@H]2CCCN2C(=O)C2CCC(=O)N2)C[C@H]1/C=C\CCCCCNc1ccccc1S(C)(=O)=O. The molecule has 3 N–H and O–H groups in total. The maximum absolute atomic E-state index is 13.3. The van der Waals surface area contributed by atoms with Crippen LogP contribution in [-0.2, 0) is 24.2 Å². The molecule has 3 amide bonds. The van der Waals surface area contributed by atoms with Crippen molar-refractivity contribution in [1.82, 2.24) is 15.5 Å². The third-order valence-corrected chi connectivity index (χ3v) is 9.75. The zero-order valence-electron chi connectivity index (χ0n) is 23.9. The van der Waals surface area contributed by atoms with Gasteiger partial charge in [0.1, 0.15) is 12.1 Å². The van der Waals surface area contributed by atoms with Gasteiger partial charge in [0.05, 0.1) is 10.6 Å². The normalized spacial score (nSPS) is 26.4. The van der Waals surface area contributed by atoms with Gasteiger partial charge in [-0.15, -0.1) is 0 Å². The molecule has 1 aromatic rings. The second-order valence-electron chi connectivity index (χ2n) is 11.8. The molecule has 220 valence electrons. The number of nitrogens with zero attached hydrogens (tertiary/aromatic N) is 1. The highest BCUT2D eigenvalue weighted by Crippen LogP contribution is 2.50. The Labute approximate surface area is 238 Å². The number of unbranched alkanes of at least 4 members (excludes halogenated alkanes) is 3. The van der Waals surface area contributed by atoms with Crippen molar-refractivity contribution in [2.75, 3.05) is 24.7 Å². The molecule has 1 unspecified atom stereocenters. The second-order valence-corrected chi connectivity index (χ2v) is 13.8. The second kappa shape index (κ2) is 12.7. The molecule has 9 nitrogen and oxygen atoms in total. The fourth-order valence-electron chi connectivity index (χ4n) is 6.10. The van der Waals surface area contributed by atoms with Gasteiger partial charge in [0.25, 0.3) is 0 Å². The van der Waals surface area contributed by atoms with E-state index in [0.717, 1.165) is 45.1 Å². The Kier molecular flexibility index (Phi) is 9.59. The minimum Gasteiger partial charge on any atom is -0.384 e. The van der Waals surface area contributed by atoms with E-state index in [1.165, 1.54) is 6.26 Å². The van der Waals surface area contributed by atoms with Crippen LogP contribution in [0.3, 0.4) is 0 Å². The highest BCUT2D eigenvalue weighted by molar-refractivity contribution is 7.90. The van der Waals surface area contributed by atoms with Crippen molar-refractivity contribution in [2.45, 2.75) is 94.2 Å². The molecule has 0 spiro atoms. The zero-order chi connectivity index (χ0) is 28.9. The van der Waals surface area contributed by atoms with Crippen molar-refractivity contribution in [1.29, 1.82) is 0 Å². The lowest BCUT2D eigenvalue weighted by Gasteiger charge is -2.30. The number of carbonyl (C=O) groups is 3. The van der Waals surface area contributed by atoms with Gasteiger partial charge in [-0.05, 0) is 63.0 Å². The quantitative estimate of drug-likeness (QED) is 0.246. The van der Waals surface area contributed by atoms with E-state index in [4.69, 9.17) is 0 Å². The van der Waals surface area contributed by atoms with Crippen molar-refractivity contribution >= 4 is 33.2 Å². The highest BCUT2D eigenvalue weighted by Gasteiger charge is 2.56. The number of sulfone groups is 1. The largest absolute Gasteiger partial charge is 0.384 e. The molecule has 2 heterocycles. The summed E-state index contributed by atoms with van der Waals surface area (Å²) in [7, 11) is -3.26. The van der Waals surface area contributed by atoms with Gasteiger partial charge < -0.3 is 20.9 Å². The van der Waals surface area contributed by atoms with Gasteiger partial charge in [-0.25, -0.2) is 8.42 Å². The Bertz CT molecular complexity index is 1230. The Morgan fingerprint density at radius 1 is 1.18 bits per heavy atom. The van der Waals surface area contributed by atoms with Gasteiger partial charge in [-0.3, -0.25) is 14.4 Å². The molecule has 1 aromatic carbocycles. The monoisotopic (exact) mass is 572 g/mol. The first-order valence-corrected chi connectivity index (χ1v) is 16.5. The lowest BCUT2D eigenvalue weighted by atomic mass is 9.97. The van der Waals surface area contributed by atoms with Crippen LogP contribution in [0.5, 0.6) is 0 Å². The first-order valence-electron chi connectivity index (χ1n) is 14.6. The third kappa shape index (κ3) is 7.06. The van der Waals surface area contributed by atoms with E-state index < -0.39 is 21.9 Å². The summed E-state index contributed by atoms with van der Waals surface area (Å²) in [6, 6.07) is 6.02. The molecule has 2 aliphatic heterocycles. The summed E-state index contributed by atoms with van der Waals surface area (Å²) in [5.41, 5.74) is 0.379. The minimum absolute atomic E-state index is 0.0790. The molecule has 1 aliphatic carbocycles. The number of carbonyl (C=O) groups excluding carboxylic acids is 3. The summed E-state index contributed by atoms with van der Waals surface area (Å²) in [5.74, 6) is 0.239. The van der Waals surface area contributed by atoms with Gasteiger partial charge >= 0.3 is 0 Å². The Morgan fingerprint density at radius 3 is 2.65 bits per heavy atom. The molecule has 0 aromatic heterocycles. The average Bonchev–Trinajstić information content (AvgIpc) is 3.21. The van der Waals surface area contributed by atoms with Crippen LogP contribution in [0.4, 0.5) is 5.69 Å². The van der Waals surface area contributed by atoms with Gasteiger partial charge in [0.15, 0.2) is 9.84 Å². The van der Waals surface area contributed by atoms with E-state index in [9.17, 15) is 22.8 Å². The van der Waals surface area contributed by atoms with Crippen LogP contribution in [0.1, 0.15) is 71.6 Å². The third-order valence-electron chi connectivity index (χ3n) is 8.60. The van der Waals surface area contributed by atoms with Crippen LogP contribution in [0.2, 0.25) is 0 Å². The Balaban J connectivity index is 1.20. The van der Waals surface area contributed by atoms with E-state index >= 15 is 0 Å². The number of para-hydroxylation sites is 1. The highest BCUT2D eigenvalue weighted by atomic mass is 32.2. The molecule has 4 rings (SSSR count). The summed E-state index contributed by atoms with van der Waals surface area (Å²) in [4.78, 5) is 39.9. The maximum atomic E-state index is 13.3. The molecule has 0 radical (unpaired) electrons. The number of amides is 3. The summed E-state index contributed by atoms with van der Waals surface area (Å²) in [6.45, 7) is 5.54. The van der Waals surface area contributed by atoms with Crippen LogP contribution in [0.15, 0.2) is 41.3 Å². The molecule has 40 heavy (non-hydrogen) atoms. The standard InChI is InChI=1S/C30H44N4O5S/c1-21(2)30(33-28(36)25-14-11-19-34(25)29(37)24-16-17-27(35)32-24)20-22(30)12-7-5-4-6-10-18-31-23-13-8-9-15-26(23)40(3,38)39/h7-9,12-13,15,21-22,24-25,31H,4-6,10-11,14,16-20H2,1-3H3,(H,32,35)(H,33,36)/b12-7-/t22-,24?,25+,30+/m1/s1. The molecule has 4 atom stereocenters. The summed E-state index contributed by atoms with van der Waals surface area (Å²) >= 11 is 0. The predicted molar refractivity (Wildman–Crippen MR) is 155 cm³/mol. The number of hydrogen-bond donors (Lipinski definition) is 3. The lowest BCUT2D eigenvalue weighted by Crippen LogP contribution is -2.54. The van der Waals surface area contributed by atoms with Crippen LogP contribution < -0.4 is 16.0 Å². The van der Waals surface area contributed by atoms with E-state index in [2.05, 4.69) is 41.9 Å². The molecular formula is C30H44N4O5S. The number of hydrogen-bond acceptors (Lipinski definition) is 6. The number of benzene rings is 1. The van der Waals surface area contributed by atoms with Crippen molar-refractivity contribution in [3.63, 3.8) is 0 Å². The smallest absolute Gasteiger partial charge is 0.245 e. The average molecular weight is 573 g/mol. The van der Waals surface area contributed by atoms with Crippen molar-refractivity contribution < 1.29 is 22.8 Å². The Morgan fingerprint density at radius 2 is 1.95 bits per heavy atom. The van der Waals surface area contributed by atoms with Crippen LogP contribution in [0, 0.1) is 11.8 Å². The first kappa shape index (κ1) is 30.1. The summed E-state index contributed by atoms with van der Waals surface area (Å²) in [5, 5.41) is 9.31. The molecule has 2 saturated heterocycles. The van der Waals surface area contributed by atoms with E-state index in [0.29, 0.717) is 36.4 Å². The fourth-order valence-corrected chi connectivity index (χ4v) is 6.96. The fraction of sp³-hybridized carbons (Fsp3) is 0.633. The van der Waals surface area contributed by atoms with E-state index in [1.54, 1.807) is 23.1 Å². The van der Waals surface area contributed by atoms with E-state index in [1.807, 2.05) is 6.07 Å². The minimum atomic E-state index is -3.26. The number of likely N-dealkylation sites (tertiary alicyclic amines) is 1. The number of anilines is 1. The van der Waals surface area contributed by atoms with Crippen LogP contribution in [-0.4, -0.2) is 68.0 Å². The van der Waals surface area contributed by atoms with Crippen molar-refractivity contribution in [3.05, 3.63) is 36.4 Å². The zero-order valence-corrected chi connectivity index (χ0v) is 24.8. The molecule has 0 bridgehead atoms. The first-order chi connectivity index (χ1) is 19.0. The van der Waals surface area contributed by atoms with Crippen molar-refractivity contribution in [3.8, 4) is 0 Å². The number of nitrogens with one attached hydrogen (secondary N) is 3. The van der Waals surface area contributed by atoms with Crippen LogP contribution >= 0.6 is 0 Å². The summed E-state index contributed by atoms with van der Waals surface area (Å²) < 4.78 is 23.9. The molecule has 3 aliphatic rings. The summed E-state index contributed by atoms with van der Waals surface area (Å²) in [6.07, 6.45) is 12.8. The Hall–Kier alpha value is -2.88. The molecule has 10 heteroatoms. The predicted octanol–water partition coefficient (Wildman–Crippen LogP) is 3.42. The topological polar surface area (TPSA) is 125 Å². The van der Waals surface area contributed by atoms with E-state index in [-0.39, 0.29) is 35.1 Å². The van der Waals surface area contributed by atoms with Gasteiger partial charge in [0, 0.05) is 37.2 Å². The van der Waals surface area contributed by atoms with Crippen LogP contribution in [0.25, 0.3) is 0 Å². The molecular weight excluding hydrogens is 528 g/mol. The maximum Gasteiger partial charge on any atom is 0.245 e. The van der Waals surface area contributed by atoms with Gasteiger partial charge in [0.2, 0.25) is 17.7 Å². The van der Waals surface area contributed by atoms with Gasteiger partial charge in [-0.1, -0.05) is 44.6 Å². The van der Waals surface area contributed by atoms with Gasteiger partial charge in [-0.2, -0.15) is 0 Å². The van der Waals surface area contributed by atoms with Crippen molar-refractivity contribution in [2.24, 2.45) is 11.8 Å².